The van der Waals surface area contributed by atoms with Gasteiger partial charge in [-0.25, -0.2) is 4.98 Å². The van der Waals surface area contributed by atoms with Crippen molar-refractivity contribution in [3.63, 3.8) is 0 Å². The summed E-state index contributed by atoms with van der Waals surface area (Å²) >= 11 is 0. The van der Waals surface area contributed by atoms with E-state index in [1.165, 1.54) is 0 Å². The van der Waals surface area contributed by atoms with Crippen molar-refractivity contribution >= 4 is 5.82 Å². The van der Waals surface area contributed by atoms with Crippen molar-refractivity contribution in [2.45, 2.75) is 6.61 Å². The summed E-state index contributed by atoms with van der Waals surface area (Å²) in [5.74, 6) is 0.789. The van der Waals surface area contributed by atoms with Gasteiger partial charge in [-0.1, -0.05) is 6.07 Å². The molecule has 66 valence electrons. The molecule has 1 rings (SSSR count). The van der Waals surface area contributed by atoms with Crippen LogP contribution in [-0.4, -0.2) is 23.2 Å². The van der Waals surface area contributed by atoms with Crippen LogP contribution in [0.1, 0.15) is 5.56 Å². The summed E-state index contributed by atoms with van der Waals surface area (Å²) in [5.41, 5.74) is 6.12. The average molecular weight is 167 g/mol. The summed E-state index contributed by atoms with van der Waals surface area (Å²) in [4.78, 5) is 4.06. The van der Waals surface area contributed by atoms with Crippen molar-refractivity contribution in [1.29, 1.82) is 0 Å². The third-order valence-electron chi connectivity index (χ3n) is 1.46. The molecule has 0 fully saturated rings. The van der Waals surface area contributed by atoms with Crippen LogP contribution in [0, 0.1) is 0 Å². The van der Waals surface area contributed by atoms with Gasteiger partial charge in [0, 0.05) is 19.3 Å². The van der Waals surface area contributed by atoms with Crippen LogP contribution in [0.25, 0.3) is 0 Å². The van der Waals surface area contributed by atoms with Crippen molar-refractivity contribution in [1.82, 2.24) is 4.98 Å². The Morgan fingerprint density at radius 3 is 2.83 bits per heavy atom. The molecule has 4 nitrogen and oxygen atoms in total. The van der Waals surface area contributed by atoms with E-state index in [4.69, 9.17) is 10.8 Å². The van der Waals surface area contributed by atoms with Gasteiger partial charge in [-0.3, -0.25) is 0 Å². The number of nitrogens with two attached hydrogens (primary N) is 1. The second kappa shape index (κ2) is 4.69. The zero-order chi connectivity index (χ0) is 8.81. The zero-order valence-corrected chi connectivity index (χ0v) is 6.83. The van der Waals surface area contributed by atoms with Crippen LogP contribution >= 0.6 is 0 Å². The van der Waals surface area contributed by atoms with Gasteiger partial charge in [-0.15, -0.1) is 0 Å². The summed E-state index contributed by atoms with van der Waals surface area (Å²) in [6.45, 7) is 1.33. The summed E-state index contributed by atoms with van der Waals surface area (Å²) in [6, 6.07) is 3.65. The van der Waals surface area contributed by atoms with Gasteiger partial charge in [0.1, 0.15) is 5.82 Å². The first kappa shape index (κ1) is 8.96. The Labute approximate surface area is 71.4 Å². The molecule has 1 aromatic rings. The molecule has 0 aliphatic rings. The highest BCUT2D eigenvalue weighted by Crippen LogP contribution is 2.03. The van der Waals surface area contributed by atoms with Crippen molar-refractivity contribution in [3.05, 3.63) is 23.9 Å². The number of hydrogen-bond donors (Lipinski definition) is 3. The zero-order valence-electron chi connectivity index (χ0n) is 6.83. The smallest absolute Gasteiger partial charge is 0.125 e. The van der Waals surface area contributed by atoms with Crippen LogP contribution in [0.15, 0.2) is 18.3 Å². The van der Waals surface area contributed by atoms with E-state index in [-0.39, 0.29) is 6.61 Å². The molecule has 0 saturated carbocycles. The van der Waals surface area contributed by atoms with E-state index in [1.807, 2.05) is 12.1 Å². The minimum atomic E-state index is 0.0319. The molecule has 0 spiro atoms. The average Bonchev–Trinajstić information content (AvgIpc) is 2.15. The van der Waals surface area contributed by atoms with Crippen molar-refractivity contribution in [3.8, 4) is 0 Å². The Balaban J connectivity index is 2.53. The molecule has 0 amide bonds. The van der Waals surface area contributed by atoms with Gasteiger partial charge in [0.15, 0.2) is 0 Å². The van der Waals surface area contributed by atoms with Crippen LogP contribution in [-0.2, 0) is 6.61 Å². The standard InChI is InChI=1S/C8H13N3O/c9-3-4-10-8-2-1-7(6-12)5-11-8/h1-2,5,12H,3-4,6,9H2,(H,10,11). The third kappa shape index (κ3) is 2.48. The lowest BCUT2D eigenvalue weighted by Crippen LogP contribution is -2.13. The van der Waals surface area contributed by atoms with Gasteiger partial charge in [-0.05, 0) is 11.6 Å². The van der Waals surface area contributed by atoms with Crippen molar-refractivity contribution < 1.29 is 5.11 Å². The summed E-state index contributed by atoms with van der Waals surface area (Å²) in [7, 11) is 0. The monoisotopic (exact) mass is 167 g/mol. The minimum Gasteiger partial charge on any atom is -0.392 e. The van der Waals surface area contributed by atoms with Crippen LogP contribution in [0.2, 0.25) is 0 Å². The van der Waals surface area contributed by atoms with Gasteiger partial charge >= 0.3 is 0 Å². The number of aliphatic hydroxyl groups is 1. The quantitative estimate of drug-likeness (QED) is 0.587. The van der Waals surface area contributed by atoms with E-state index >= 15 is 0 Å². The summed E-state index contributed by atoms with van der Waals surface area (Å²) in [5, 5.41) is 11.8. The maximum absolute atomic E-state index is 8.72. The van der Waals surface area contributed by atoms with Gasteiger partial charge < -0.3 is 16.2 Å². The fourth-order valence-electron chi connectivity index (χ4n) is 0.823. The molecule has 0 aliphatic carbocycles. The van der Waals surface area contributed by atoms with Crippen molar-refractivity contribution in [2.24, 2.45) is 5.73 Å². The number of aromatic nitrogens is 1. The maximum Gasteiger partial charge on any atom is 0.125 e. The van der Waals surface area contributed by atoms with E-state index in [9.17, 15) is 0 Å². The Kier molecular flexibility index (Phi) is 3.50. The largest absolute Gasteiger partial charge is 0.392 e. The predicted molar refractivity (Wildman–Crippen MR) is 47.7 cm³/mol. The second-order valence-electron chi connectivity index (χ2n) is 2.43. The lowest BCUT2D eigenvalue weighted by Gasteiger charge is -2.03. The first-order valence-corrected chi connectivity index (χ1v) is 3.86. The Morgan fingerprint density at radius 2 is 2.33 bits per heavy atom. The molecule has 0 aromatic carbocycles. The minimum absolute atomic E-state index is 0.0319. The number of nitrogens with one attached hydrogen (secondary N) is 1. The molecule has 1 heterocycles. The van der Waals surface area contributed by atoms with E-state index in [1.54, 1.807) is 6.20 Å². The van der Waals surface area contributed by atoms with Gasteiger partial charge in [0.05, 0.1) is 6.61 Å². The lowest BCUT2D eigenvalue weighted by atomic mass is 10.3. The van der Waals surface area contributed by atoms with E-state index < -0.39 is 0 Å². The van der Waals surface area contributed by atoms with Crippen LogP contribution in [0.5, 0.6) is 0 Å². The third-order valence-corrected chi connectivity index (χ3v) is 1.46. The Hall–Kier alpha value is -1.13. The number of hydrogen-bond acceptors (Lipinski definition) is 4. The lowest BCUT2D eigenvalue weighted by molar-refractivity contribution is 0.281. The van der Waals surface area contributed by atoms with Gasteiger partial charge in [0.25, 0.3) is 0 Å². The molecule has 12 heavy (non-hydrogen) atoms. The van der Waals surface area contributed by atoms with Gasteiger partial charge in [0.2, 0.25) is 0 Å². The number of pyridine rings is 1. The van der Waals surface area contributed by atoms with Crippen LogP contribution < -0.4 is 11.1 Å². The predicted octanol–water partition coefficient (Wildman–Crippen LogP) is -0.0555. The number of anilines is 1. The molecular formula is C8H13N3O. The van der Waals surface area contributed by atoms with E-state index in [0.29, 0.717) is 13.1 Å². The van der Waals surface area contributed by atoms with Gasteiger partial charge in [-0.2, -0.15) is 0 Å². The SMILES string of the molecule is NCCNc1ccc(CO)cn1. The van der Waals surface area contributed by atoms with E-state index in [0.717, 1.165) is 11.4 Å². The van der Waals surface area contributed by atoms with Crippen LogP contribution in [0.4, 0.5) is 5.82 Å². The second-order valence-corrected chi connectivity index (χ2v) is 2.43. The number of aliphatic hydroxyl groups excluding tert-OH is 1. The molecule has 4 heteroatoms. The fraction of sp³-hybridized carbons (Fsp3) is 0.375. The maximum atomic E-state index is 8.72. The molecule has 0 bridgehead atoms. The van der Waals surface area contributed by atoms with Crippen LogP contribution in [0.3, 0.4) is 0 Å². The Morgan fingerprint density at radius 1 is 1.50 bits per heavy atom. The van der Waals surface area contributed by atoms with E-state index in [2.05, 4.69) is 10.3 Å². The molecule has 0 atom stereocenters. The highest BCUT2D eigenvalue weighted by molar-refractivity contribution is 5.35. The highest BCUT2D eigenvalue weighted by atomic mass is 16.3. The van der Waals surface area contributed by atoms with Crippen molar-refractivity contribution in [2.75, 3.05) is 18.4 Å². The molecular weight excluding hydrogens is 154 g/mol. The first-order valence-electron chi connectivity index (χ1n) is 3.86. The molecule has 0 unspecified atom stereocenters. The Bertz CT molecular complexity index is 222. The fourth-order valence-corrected chi connectivity index (χ4v) is 0.823. The molecule has 1 aromatic heterocycles. The molecule has 0 aliphatic heterocycles. The molecule has 0 radical (unpaired) electrons. The normalized spacial score (nSPS) is 9.83. The number of rotatable bonds is 4. The molecule has 4 N–H and O–H groups in total. The highest BCUT2D eigenvalue weighted by Gasteiger charge is 1.92. The molecule has 0 saturated heterocycles. The topological polar surface area (TPSA) is 71.2 Å². The summed E-state index contributed by atoms with van der Waals surface area (Å²) in [6.07, 6.45) is 1.64. The first-order chi connectivity index (χ1) is 5.86. The summed E-state index contributed by atoms with van der Waals surface area (Å²) < 4.78 is 0. The number of nitrogens with zero attached hydrogens (tertiary/aromatic N) is 1.